The van der Waals surface area contributed by atoms with E-state index in [-0.39, 0.29) is 18.6 Å². The van der Waals surface area contributed by atoms with Gasteiger partial charge in [-0.15, -0.1) is 11.3 Å². The molecule has 0 saturated heterocycles. The number of carboxylic acids is 1. The topological polar surface area (TPSA) is 69.6 Å². The molecule has 1 heterocycles. The van der Waals surface area contributed by atoms with E-state index in [1.54, 1.807) is 11.3 Å². The molecule has 0 spiro atoms. The molecule has 1 aliphatic rings. The molecule has 6 heteroatoms. The standard InChI is InChI=1S/C14H20N2O3S/c1-10(7-12-3-2-6-20-12)15-14(19)16(9-13(17)18)8-11-4-5-11/h2-3,6,10-11H,4-5,7-9H2,1H3,(H,15,19)(H,17,18). The van der Waals surface area contributed by atoms with Crippen molar-refractivity contribution in [2.24, 2.45) is 5.92 Å². The maximum atomic E-state index is 12.1. The summed E-state index contributed by atoms with van der Waals surface area (Å²) in [4.78, 5) is 25.6. The van der Waals surface area contributed by atoms with E-state index in [2.05, 4.69) is 5.32 Å². The van der Waals surface area contributed by atoms with Crippen LogP contribution < -0.4 is 5.32 Å². The number of amides is 2. The Morgan fingerprint density at radius 3 is 2.85 bits per heavy atom. The molecule has 20 heavy (non-hydrogen) atoms. The molecule has 1 atom stereocenters. The average molecular weight is 296 g/mol. The van der Waals surface area contributed by atoms with E-state index >= 15 is 0 Å². The summed E-state index contributed by atoms with van der Waals surface area (Å²) in [7, 11) is 0. The van der Waals surface area contributed by atoms with Crippen LogP contribution in [0.3, 0.4) is 0 Å². The predicted octanol–water partition coefficient (Wildman–Crippen LogP) is 2.19. The Morgan fingerprint density at radius 2 is 2.30 bits per heavy atom. The molecule has 1 unspecified atom stereocenters. The van der Waals surface area contributed by atoms with Gasteiger partial charge >= 0.3 is 12.0 Å². The molecule has 1 saturated carbocycles. The van der Waals surface area contributed by atoms with Crippen LogP contribution in [0, 0.1) is 5.92 Å². The second-order valence-corrected chi connectivity index (χ2v) is 6.38. The lowest BCUT2D eigenvalue weighted by molar-refractivity contribution is -0.137. The van der Waals surface area contributed by atoms with Gasteiger partial charge < -0.3 is 15.3 Å². The molecule has 0 radical (unpaired) electrons. The van der Waals surface area contributed by atoms with Crippen molar-refractivity contribution in [1.29, 1.82) is 0 Å². The van der Waals surface area contributed by atoms with Gasteiger partial charge in [0.1, 0.15) is 6.54 Å². The molecule has 0 aliphatic heterocycles. The number of thiophene rings is 1. The number of nitrogens with one attached hydrogen (secondary N) is 1. The highest BCUT2D eigenvalue weighted by molar-refractivity contribution is 7.09. The Kier molecular flexibility index (Phi) is 5.00. The largest absolute Gasteiger partial charge is 0.480 e. The van der Waals surface area contributed by atoms with Gasteiger partial charge in [0.25, 0.3) is 0 Å². The molecule has 1 aliphatic carbocycles. The molecule has 1 aromatic heterocycles. The van der Waals surface area contributed by atoms with Gasteiger partial charge in [-0.05, 0) is 37.1 Å². The Bertz CT molecular complexity index is 457. The summed E-state index contributed by atoms with van der Waals surface area (Å²) in [6.07, 6.45) is 2.95. The molecule has 2 N–H and O–H groups in total. The second-order valence-electron chi connectivity index (χ2n) is 5.35. The van der Waals surface area contributed by atoms with E-state index in [1.165, 1.54) is 9.78 Å². The number of carbonyl (C=O) groups excluding carboxylic acids is 1. The first kappa shape index (κ1) is 14.8. The summed E-state index contributed by atoms with van der Waals surface area (Å²) in [6.45, 7) is 2.26. The van der Waals surface area contributed by atoms with E-state index in [1.807, 2.05) is 24.4 Å². The van der Waals surface area contributed by atoms with Gasteiger partial charge in [0.05, 0.1) is 0 Å². The summed E-state index contributed by atoms with van der Waals surface area (Å²) in [6, 6.07) is 3.74. The van der Waals surface area contributed by atoms with Crippen molar-refractivity contribution in [1.82, 2.24) is 10.2 Å². The Morgan fingerprint density at radius 1 is 1.55 bits per heavy atom. The van der Waals surface area contributed by atoms with Crippen molar-refractivity contribution in [3.8, 4) is 0 Å². The fourth-order valence-corrected chi connectivity index (χ4v) is 2.91. The fourth-order valence-electron chi connectivity index (χ4n) is 2.08. The first-order valence-electron chi connectivity index (χ1n) is 6.84. The molecule has 5 nitrogen and oxygen atoms in total. The number of hydrogen-bond acceptors (Lipinski definition) is 3. The minimum absolute atomic E-state index is 0.00310. The summed E-state index contributed by atoms with van der Waals surface area (Å²) in [5.41, 5.74) is 0. The quantitative estimate of drug-likeness (QED) is 0.810. The third-order valence-corrected chi connectivity index (χ3v) is 4.14. The van der Waals surface area contributed by atoms with E-state index in [0.717, 1.165) is 19.3 Å². The normalized spacial score (nSPS) is 15.7. The highest BCUT2D eigenvalue weighted by Crippen LogP contribution is 2.29. The van der Waals surface area contributed by atoms with Gasteiger partial charge in [-0.2, -0.15) is 0 Å². The lowest BCUT2D eigenvalue weighted by Crippen LogP contribution is -2.47. The highest BCUT2D eigenvalue weighted by Gasteiger charge is 2.28. The van der Waals surface area contributed by atoms with Crippen molar-refractivity contribution < 1.29 is 14.7 Å². The number of hydrogen-bond donors (Lipinski definition) is 2. The number of aliphatic carboxylic acids is 1. The number of nitrogens with zero attached hydrogens (tertiary/aromatic N) is 1. The minimum atomic E-state index is -0.966. The van der Waals surface area contributed by atoms with E-state index in [4.69, 9.17) is 5.11 Å². The maximum Gasteiger partial charge on any atom is 0.323 e. The molecular weight excluding hydrogens is 276 g/mol. The molecule has 0 aromatic carbocycles. The summed E-state index contributed by atoms with van der Waals surface area (Å²) in [5.74, 6) is -0.487. The van der Waals surface area contributed by atoms with Crippen LogP contribution in [0.15, 0.2) is 17.5 Å². The van der Waals surface area contributed by atoms with Crippen molar-refractivity contribution in [2.45, 2.75) is 32.2 Å². The van der Waals surface area contributed by atoms with Crippen molar-refractivity contribution >= 4 is 23.3 Å². The monoisotopic (exact) mass is 296 g/mol. The molecular formula is C14H20N2O3S. The number of rotatable bonds is 7. The van der Waals surface area contributed by atoms with Gasteiger partial charge in [-0.3, -0.25) is 4.79 Å². The molecule has 1 fully saturated rings. The van der Waals surface area contributed by atoms with Crippen LogP contribution >= 0.6 is 11.3 Å². The average Bonchev–Trinajstić information content (AvgIpc) is 3.03. The van der Waals surface area contributed by atoms with Gasteiger partial charge in [-0.1, -0.05) is 6.07 Å². The zero-order chi connectivity index (χ0) is 14.5. The minimum Gasteiger partial charge on any atom is -0.480 e. The Hall–Kier alpha value is -1.56. The van der Waals surface area contributed by atoms with E-state index in [9.17, 15) is 9.59 Å². The zero-order valence-corrected chi connectivity index (χ0v) is 12.4. The van der Waals surface area contributed by atoms with Crippen LogP contribution in [0.4, 0.5) is 4.79 Å². The van der Waals surface area contributed by atoms with Crippen molar-refractivity contribution in [3.63, 3.8) is 0 Å². The predicted molar refractivity (Wildman–Crippen MR) is 77.9 cm³/mol. The highest BCUT2D eigenvalue weighted by atomic mass is 32.1. The zero-order valence-electron chi connectivity index (χ0n) is 11.5. The fraction of sp³-hybridized carbons (Fsp3) is 0.571. The van der Waals surface area contributed by atoms with Gasteiger partial charge in [0.15, 0.2) is 0 Å². The SMILES string of the molecule is CC(Cc1cccs1)NC(=O)N(CC(=O)O)CC1CC1. The summed E-state index contributed by atoms with van der Waals surface area (Å²) >= 11 is 1.66. The molecule has 0 bridgehead atoms. The number of carbonyl (C=O) groups is 2. The molecule has 110 valence electrons. The van der Waals surface area contributed by atoms with Gasteiger partial charge in [0.2, 0.25) is 0 Å². The third kappa shape index (κ3) is 4.85. The lowest BCUT2D eigenvalue weighted by Gasteiger charge is -2.23. The number of urea groups is 1. The van der Waals surface area contributed by atoms with Crippen LogP contribution in [0.1, 0.15) is 24.6 Å². The Balaban J connectivity index is 1.84. The van der Waals surface area contributed by atoms with E-state index < -0.39 is 5.97 Å². The van der Waals surface area contributed by atoms with Crippen molar-refractivity contribution in [2.75, 3.05) is 13.1 Å². The smallest absolute Gasteiger partial charge is 0.323 e. The molecule has 2 rings (SSSR count). The van der Waals surface area contributed by atoms with Crippen LogP contribution in [0.2, 0.25) is 0 Å². The van der Waals surface area contributed by atoms with Crippen LogP contribution in [-0.2, 0) is 11.2 Å². The molecule has 2 amide bonds. The lowest BCUT2D eigenvalue weighted by atomic mass is 10.2. The first-order chi connectivity index (χ1) is 9.54. The maximum absolute atomic E-state index is 12.1. The van der Waals surface area contributed by atoms with Crippen LogP contribution in [-0.4, -0.2) is 41.1 Å². The molecule has 1 aromatic rings. The first-order valence-corrected chi connectivity index (χ1v) is 7.72. The van der Waals surface area contributed by atoms with Gasteiger partial charge in [-0.25, -0.2) is 4.79 Å². The number of carboxylic acid groups (broad SMARTS) is 1. The van der Waals surface area contributed by atoms with Gasteiger partial charge in [0, 0.05) is 23.9 Å². The van der Waals surface area contributed by atoms with E-state index in [0.29, 0.717) is 12.5 Å². The summed E-state index contributed by atoms with van der Waals surface area (Å²) in [5, 5.41) is 13.8. The summed E-state index contributed by atoms with van der Waals surface area (Å²) < 4.78 is 0. The second kappa shape index (κ2) is 6.74. The van der Waals surface area contributed by atoms with Crippen LogP contribution in [0.5, 0.6) is 0 Å². The third-order valence-electron chi connectivity index (χ3n) is 3.25. The van der Waals surface area contributed by atoms with Crippen molar-refractivity contribution in [3.05, 3.63) is 22.4 Å². The van der Waals surface area contributed by atoms with Crippen LogP contribution in [0.25, 0.3) is 0 Å². The Labute approximate surface area is 122 Å².